The molecule has 1 atom stereocenters. The molecule has 1 aromatic carbocycles. The predicted octanol–water partition coefficient (Wildman–Crippen LogP) is 3.03. The molecule has 0 aliphatic carbocycles. The van der Waals surface area contributed by atoms with E-state index in [1.54, 1.807) is 0 Å². The number of likely N-dealkylation sites (N-methyl/N-ethyl adjacent to an activating group) is 1. The second-order valence-electron chi connectivity index (χ2n) is 3.62. The third-order valence-corrected chi connectivity index (χ3v) is 2.57. The molecule has 0 saturated carbocycles. The van der Waals surface area contributed by atoms with Gasteiger partial charge in [0.1, 0.15) is 11.9 Å². The maximum atomic E-state index is 5.92. The van der Waals surface area contributed by atoms with Crippen LogP contribution in [0.15, 0.2) is 18.2 Å². The summed E-state index contributed by atoms with van der Waals surface area (Å²) in [4.78, 5) is 0. The Kier molecular flexibility index (Phi) is 4.92. The van der Waals surface area contributed by atoms with E-state index in [0.29, 0.717) is 0 Å². The molecule has 0 aliphatic heterocycles. The monoisotopic (exact) mass is 227 g/mol. The highest BCUT2D eigenvalue weighted by molar-refractivity contribution is 6.30. The van der Waals surface area contributed by atoms with Crippen molar-refractivity contribution in [2.45, 2.75) is 26.4 Å². The molecule has 0 bridgehead atoms. The van der Waals surface area contributed by atoms with Crippen LogP contribution in [0.2, 0.25) is 5.02 Å². The van der Waals surface area contributed by atoms with Gasteiger partial charge in [-0.15, -0.1) is 0 Å². The topological polar surface area (TPSA) is 21.3 Å². The van der Waals surface area contributed by atoms with Crippen molar-refractivity contribution in [1.29, 1.82) is 0 Å². The van der Waals surface area contributed by atoms with Gasteiger partial charge in [-0.25, -0.2) is 0 Å². The van der Waals surface area contributed by atoms with Crippen molar-refractivity contribution in [2.24, 2.45) is 0 Å². The molecular weight excluding hydrogens is 210 g/mol. The summed E-state index contributed by atoms with van der Waals surface area (Å²) >= 11 is 5.92. The largest absolute Gasteiger partial charge is 0.489 e. The van der Waals surface area contributed by atoms with E-state index >= 15 is 0 Å². The van der Waals surface area contributed by atoms with E-state index in [2.05, 4.69) is 12.2 Å². The Bertz CT molecular complexity index is 314. The minimum absolute atomic E-state index is 0.201. The Balaban J connectivity index is 2.73. The first kappa shape index (κ1) is 12.3. The molecule has 0 radical (unpaired) electrons. The number of benzene rings is 1. The standard InChI is InChI=1S/C12H18ClNO/c1-4-11(8-14-3)15-12-7-10(13)6-5-9(12)2/h5-7,11,14H,4,8H2,1-3H3. The molecular formula is C12H18ClNO. The lowest BCUT2D eigenvalue weighted by atomic mass is 10.2. The molecule has 0 aliphatic rings. The normalized spacial score (nSPS) is 12.5. The number of ether oxygens (including phenoxy) is 1. The van der Waals surface area contributed by atoms with Gasteiger partial charge in [-0.2, -0.15) is 0 Å². The van der Waals surface area contributed by atoms with E-state index in [0.717, 1.165) is 29.3 Å². The fourth-order valence-corrected chi connectivity index (χ4v) is 1.54. The van der Waals surface area contributed by atoms with Gasteiger partial charge >= 0.3 is 0 Å². The van der Waals surface area contributed by atoms with Crippen molar-refractivity contribution in [2.75, 3.05) is 13.6 Å². The Labute approximate surface area is 96.6 Å². The number of halogens is 1. The Morgan fingerprint density at radius 3 is 2.80 bits per heavy atom. The third kappa shape index (κ3) is 3.73. The van der Waals surface area contributed by atoms with E-state index in [1.807, 2.05) is 32.2 Å². The first-order valence-electron chi connectivity index (χ1n) is 5.24. The second kappa shape index (κ2) is 5.99. The van der Waals surface area contributed by atoms with Gasteiger partial charge in [0.05, 0.1) is 0 Å². The molecule has 0 heterocycles. The number of nitrogens with one attached hydrogen (secondary N) is 1. The summed E-state index contributed by atoms with van der Waals surface area (Å²) in [6.45, 7) is 4.99. The van der Waals surface area contributed by atoms with E-state index in [1.165, 1.54) is 0 Å². The molecule has 0 saturated heterocycles. The average Bonchev–Trinajstić information content (AvgIpc) is 2.22. The summed E-state index contributed by atoms with van der Waals surface area (Å²) in [5.74, 6) is 0.879. The summed E-state index contributed by atoms with van der Waals surface area (Å²) < 4.78 is 5.87. The van der Waals surface area contributed by atoms with Crippen LogP contribution in [0.1, 0.15) is 18.9 Å². The van der Waals surface area contributed by atoms with Gasteiger partial charge in [-0.05, 0) is 38.1 Å². The molecule has 3 heteroatoms. The van der Waals surface area contributed by atoms with Crippen LogP contribution in [0.4, 0.5) is 0 Å². The summed E-state index contributed by atoms with van der Waals surface area (Å²) in [5.41, 5.74) is 1.12. The molecule has 0 amide bonds. The molecule has 1 unspecified atom stereocenters. The van der Waals surface area contributed by atoms with Gasteiger partial charge < -0.3 is 10.1 Å². The van der Waals surface area contributed by atoms with Crippen LogP contribution < -0.4 is 10.1 Å². The smallest absolute Gasteiger partial charge is 0.124 e. The number of aryl methyl sites for hydroxylation is 1. The maximum absolute atomic E-state index is 5.92. The van der Waals surface area contributed by atoms with Gasteiger partial charge in [0, 0.05) is 11.6 Å². The highest BCUT2D eigenvalue weighted by Gasteiger charge is 2.08. The van der Waals surface area contributed by atoms with Crippen molar-refractivity contribution < 1.29 is 4.74 Å². The van der Waals surface area contributed by atoms with Crippen LogP contribution >= 0.6 is 11.6 Å². The molecule has 0 aromatic heterocycles. The van der Waals surface area contributed by atoms with E-state index < -0.39 is 0 Å². The number of hydrogen-bond donors (Lipinski definition) is 1. The van der Waals surface area contributed by atoms with Gasteiger partial charge in [0.15, 0.2) is 0 Å². The van der Waals surface area contributed by atoms with Crippen LogP contribution in [-0.4, -0.2) is 19.7 Å². The maximum Gasteiger partial charge on any atom is 0.124 e. The summed E-state index contributed by atoms with van der Waals surface area (Å²) in [6.07, 6.45) is 1.18. The summed E-state index contributed by atoms with van der Waals surface area (Å²) in [7, 11) is 1.93. The third-order valence-electron chi connectivity index (χ3n) is 2.33. The zero-order valence-electron chi connectivity index (χ0n) is 9.51. The van der Waals surface area contributed by atoms with Crippen LogP contribution in [0.5, 0.6) is 5.75 Å². The fourth-order valence-electron chi connectivity index (χ4n) is 1.38. The summed E-state index contributed by atoms with van der Waals surface area (Å²) in [6, 6.07) is 5.72. The average molecular weight is 228 g/mol. The zero-order valence-corrected chi connectivity index (χ0v) is 10.3. The van der Waals surface area contributed by atoms with E-state index in [9.17, 15) is 0 Å². The van der Waals surface area contributed by atoms with E-state index in [-0.39, 0.29) is 6.10 Å². The molecule has 1 N–H and O–H groups in total. The molecule has 0 spiro atoms. The van der Waals surface area contributed by atoms with Gasteiger partial charge in [0.2, 0.25) is 0 Å². The van der Waals surface area contributed by atoms with Gasteiger partial charge in [-0.1, -0.05) is 24.6 Å². The second-order valence-corrected chi connectivity index (χ2v) is 4.05. The molecule has 2 nitrogen and oxygen atoms in total. The molecule has 1 rings (SSSR count). The van der Waals surface area contributed by atoms with Crippen molar-refractivity contribution in [1.82, 2.24) is 5.32 Å². The van der Waals surface area contributed by atoms with Crippen molar-refractivity contribution in [3.05, 3.63) is 28.8 Å². The lowest BCUT2D eigenvalue weighted by Gasteiger charge is -2.18. The van der Waals surface area contributed by atoms with Gasteiger partial charge in [0.25, 0.3) is 0 Å². The molecule has 84 valence electrons. The minimum atomic E-state index is 0.201. The Morgan fingerprint density at radius 2 is 2.20 bits per heavy atom. The van der Waals surface area contributed by atoms with Crippen LogP contribution in [0, 0.1) is 6.92 Å². The van der Waals surface area contributed by atoms with Crippen molar-refractivity contribution >= 4 is 11.6 Å². The van der Waals surface area contributed by atoms with E-state index in [4.69, 9.17) is 16.3 Å². The SMILES string of the molecule is CCC(CNC)Oc1cc(Cl)ccc1C. The summed E-state index contributed by atoms with van der Waals surface area (Å²) in [5, 5.41) is 3.83. The van der Waals surface area contributed by atoms with Crippen molar-refractivity contribution in [3.63, 3.8) is 0 Å². The first-order chi connectivity index (χ1) is 7.17. The quantitative estimate of drug-likeness (QED) is 0.835. The number of rotatable bonds is 5. The van der Waals surface area contributed by atoms with Crippen molar-refractivity contribution in [3.8, 4) is 5.75 Å². The highest BCUT2D eigenvalue weighted by Crippen LogP contribution is 2.23. The zero-order chi connectivity index (χ0) is 11.3. The van der Waals surface area contributed by atoms with Crippen LogP contribution in [0.25, 0.3) is 0 Å². The lowest BCUT2D eigenvalue weighted by molar-refractivity contribution is 0.195. The highest BCUT2D eigenvalue weighted by atomic mass is 35.5. The van der Waals surface area contributed by atoms with Gasteiger partial charge in [-0.3, -0.25) is 0 Å². The Morgan fingerprint density at radius 1 is 1.47 bits per heavy atom. The van der Waals surface area contributed by atoms with Crippen LogP contribution in [0.3, 0.4) is 0 Å². The van der Waals surface area contributed by atoms with Crippen LogP contribution in [-0.2, 0) is 0 Å². The number of hydrogen-bond acceptors (Lipinski definition) is 2. The lowest BCUT2D eigenvalue weighted by Crippen LogP contribution is -2.28. The predicted molar refractivity (Wildman–Crippen MR) is 64.8 cm³/mol. The Hall–Kier alpha value is -0.730. The first-order valence-corrected chi connectivity index (χ1v) is 5.62. The minimum Gasteiger partial charge on any atom is -0.489 e. The fraction of sp³-hybridized carbons (Fsp3) is 0.500. The molecule has 0 fully saturated rings. The molecule has 15 heavy (non-hydrogen) atoms. The molecule has 1 aromatic rings.